The van der Waals surface area contributed by atoms with Gasteiger partial charge in [-0.3, -0.25) is 4.79 Å². The van der Waals surface area contributed by atoms with Crippen molar-refractivity contribution in [3.63, 3.8) is 0 Å². The summed E-state index contributed by atoms with van der Waals surface area (Å²) >= 11 is 1.65. The van der Waals surface area contributed by atoms with E-state index in [0.29, 0.717) is 11.4 Å². The van der Waals surface area contributed by atoms with Crippen LogP contribution in [0.25, 0.3) is 0 Å². The Labute approximate surface area is 129 Å². The first-order valence-electron chi connectivity index (χ1n) is 7.13. The molecule has 0 aliphatic heterocycles. The first-order valence-corrected chi connectivity index (χ1v) is 8.01. The highest BCUT2D eigenvalue weighted by Crippen LogP contribution is 2.23. The van der Waals surface area contributed by atoms with Crippen molar-refractivity contribution < 1.29 is 4.79 Å². The van der Waals surface area contributed by atoms with Gasteiger partial charge in [0.2, 0.25) is 0 Å². The largest absolute Gasteiger partial charge is 0.384 e. The van der Waals surface area contributed by atoms with Crippen molar-refractivity contribution in [3.8, 4) is 0 Å². The second-order valence-electron chi connectivity index (χ2n) is 5.31. The summed E-state index contributed by atoms with van der Waals surface area (Å²) in [4.78, 5) is 17.9. The first kappa shape index (κ1) is 15.5. The normalized spacial score (nSPS) is 12.4. The van der Waals surface area contributed by atoms with Crippen molar-refractivity contribution in [1.29, 1.82) is 0 Å². The summed E-state index contributed by atoms with van der Waals surface area (Å²) in [7, 11) is 0. The number of nitrogens with two attached hydrogens (primary N) is 1. The van der Waals surface area contributed by atoms with Gasteiger partial charge in [0.15, 0.2) is 0 Å². The number of aromatic nitrogens is 1. The van der Waals surface area contributed by atoms with Crippen LogP contribution in [-0.2, 0) is 0 Å². The second kappa shape index (κ2) is 6.72. The number of nitrogens with one attached hydrogen (secondary N) is 1. The summed E-state index contributed by atoms with van der Waals surface area (Å²) in [6.07, 6.45) is 0.851. The van der Waals surface area contributed by atoms with Crippen LogP contribution in [0.5, 0.6) is 0 Å². The van der Waals surface area contributed by atoms with E-state index in [9.17, 15) is 4.79 Å². The van der Waals surface area contributed by atoms with Gasteiger partial charge in [-0.05, 0) is 35.9 Å². The number of amides is 1. The van der Waals surface area contributed by atoms with Crippen LogP contribution in [0.3, 0.4) is 0 Å². The zero-order chi connectivity index (χ0) is 15.4. The number of carbonyl (C=O) groups is 1. The van der Waals surface area contributed by atoms with E-state index in [1.807, 2.05) is 37.4 Å². The molecule has 0 saturated heterocycles. The first-order chi connectivity index (χ1) is 10.0. The molecule has 1 amide bonds. The second-order valence-corrected chi connectivity index (χ2v) is 6.29. The fourth-order valence-corrected chi connectivity index (χ4v) is 2.97. The molecule has 4 nitrogen and oxygen atoms in total. The maximum Gasteiger partial charge on any atom is 0.251 e. The molecule has 21 heavy (non-hydrogen) atoms. The predicted molar refractivity (Wildman–Crippen MR) is 87.6 cm³/mol. The zero-order valence-corrected chi connectivity index (χ0v) is 13.4. The lowest BCUT2D eigenvalue weighted by Crippen LogP contribution is -2.28. The summed E-state index contributed by atoms with van der Waals surface area (Å²) < 4.78 is 0. The third kappa shape index (κ3) is 3.82. The molecule has 0 aliphatic carbocycles. The van der Waals surface area contributed by atoms with Crippen LogP contribution < -0.4 is 11.1 Å². The molecule has 0 fully saturated rings. The smallest absolute Gasteiger partial charge is 0.251 e. The Balaban J connectivity index is 2.20. The van der Waals surface area contributed by atoms with Gasteiger partial charge in [0.05, 0.1) is 6.04 Å². The average Bonchev–Trinajstić information content (AvgIpc) is 2.97. The number of anilines is 1. The average molecular weight is 303 g/mol. The van der Waals surface area contributed by atoms with Crippen molar-refractivity contribution in [2.75, 3.05) is 5.73 Å². The monoisotopic (exact) mass is 303 g/mol. The van der Waals surface area contributed by atoms with E-state index in [-0.39, 0.29) is 17.9 Å². The lowest BCUT2D eigenvalue weighted by atomic mass is 10.1. The highest BCUT2D eigenvalue weighted by atomic mass is 32.1. The van der Waals surface area contributed by atoms with Gasteiger partial charge < -0.3 is 11.1 Å². The van der Waals surface area contributed by atoms with Crippen LogP contribution >= 0.6 is 11.3 Å². The molecule has 3 N–H and O–H groups in total. The molecule has 0 aromatic carbocycles. The van der Waals surface area contributed by atoms with E-state index < -0.39 is 0 Å². The Hall–Kier alpha value is -1.88. The lowest BCUT2D eigenvalue weighted by Gasteiger charge is -2.16. The molecule has 0 saturated carbocycles. The van der Waals surface area contributed by atoms with Crippen LogP contribution in [0.15, 0.2) is 29.6 Å². The van der Waals surface area contributed by atoms with Crippen LogP contribution in [0, 0.1) is 0 Å². The standard InChI is InChI=1S/C16H21N3OS/c1-4-12(14-6-5-7-21-14)19-16(20)11-8-13(10(2)3)18-15(17)9-11/h5-10,12H,4H2,1-3H3,(H2,17,18)(H,19,20). The summed E-state index contributed by atoms with van der Waals surface area (Å²) in [6.45, 7) is 6.12. The third-order valence-corrected chi connectivity index (χ3v) is 4.30. The van der Waals surface area contributed by atoms with Crippen LogP contribution in [0.4, 0.5) is 5.82 Å². The number of nitrogens with zero attached hydrogens (tertiary/aromatic N) is 1. The van der Waals surface area contributed by atoms with E-state index in [2.05, 4.69) is 17.2 Å². The highest BCUT2D eigenvalue weighted by molar-refractivity contribution is 7.10. The highest BCUT2D eigenvalue weighted by Gasteiger charge is 2.16. The Morgan fingerprint density at radius 2 is 2.19 bits per heavy atom. The van der Waals surface area contributed by atoms with Gasteiger partial charge in [0.1, 0.15) is 5.82 Å². The quantitative estimate of drug-likeness (QED) is 0.884. The van der Waals surface area contributed by atoms with Gasteiger partial charge in [0.25, 0.3) is 5.91 Å². The molecule has 1 unspecified atom stereocenters. The van der Waals surface area contributed by atoms with Crippen LogP contribution in [0.1, 0.15) is 60.1 Å². The van der Waals surface area contributed by atoms with Crippen molar-refractivity contribution in [2.24, 2.45) is 0 Å². The zero-order valence-electron chi connectivity index (χ0n) is 12.6. The molecule has 2 heterocycles. The summed E-state index contributed by atoms with van der Waals surface area (Å²) in [6, 6.07) is 7.52. The molecule has 2 aromatic rings. The van der Waals surface area contributed by atoms with Crippen molar-refractivity contribution >= 4 is 23.1 Å². The maximum absolute atomic E-state index is 12.4. The van der Waals surface area contributed by atoms with Crippen molar-refractivity contribution in [1.82, 2.24) is 10.3 Å². The van der Waals surface area contributed by atoms with E-state index in [4.69, 9.17) is 5.73 Å². The number of pyridine rings is 1. The molecule has 2 rings (SSSR count). The number of carbonyl (C=O) groups excluding carboxylic acids is 1. The number of hydrogen-bond acceptors (Lipinski definition) is 4. The van der Waals surface area contributed by atoms with Crippen LogP contribution in [0.2, 0.25) is 0 Å². The molecule has 0 radical (unpaired) electrons. The summed E-state index contributed by atoms with van der Waals surface area (Å²) in [5.74, 6) is 0.515. The maximum atomic E-state index is 12.4. The van der Waals surface area contributed by atoms with E-state index in [1.165, 1.54) is 0 Å². The third-order valence-electron chi connectivity index (χ3n) is 3.32. The number of hydrogen-bond donors (Lipinski definition) is 2. The van der Waals surface area contributed by atoms with Gasteiger partial charge in [-0.1, -0.05) is 26.8 Å². The van der Waals surface area contributed by atoms with E-state index in [0.717, 1.165) is 17.0 Å². The Kier molecular flexibility index (Phi) is 4.96. The molecular formula is C16H21N3OS. The summed E-state index contributed by atoms with van der Waals surface area (Å²) in [5.41, 5.74) is 7.21. The minimum Gasteiger partial charge on any atom is -0.384 e. The number of thiophene rings is 1. The number of nitrogen functional groups attached to an aromatic ring is 1. The molecule has 0 spiro atoms. The fourth-order valence-electron chi connectivity index (χ4n) is 2.11. The van der Waals surface area contributed by atoms with Gasteiger partial charge >= 0.3 is 0 Å². The van der Waals surface area contributed by atoms with E-state index in [1.54, 1.807) is 17.4 Å². The van der Waals surface area contributed by atoms with Gasteiger partial charge in [-0.25, -0.2) is 4.98 Å². The minimum atomic E-state index is -0.105. The lowest BCUT2D eigenvalue weighted by molar-refractivity contribution is 0.0936. The molecule has 1 atom stereocenters. The van der Waals surface area contributed by atoms with Crippen molar-refractivity contribution in [2.45, 2.75) is 39.2 Å². The topological polar surface area (TPSA) is 68.0 Å². The van der Waals surface area contributed by atoms with Gasteiger partial charge in [-0.15, -0.1) is 11.3 Å². The van der Waals surface area contributed by atoms with Crippen LogP contribution in [-0.4, -0.2) is 10.9 Å². The van der Waals surface area contributed by atoms with E-state index >= 15 is 0 Å². The Bertz CT molecular complexity index is 608. The van der Waals surface area contributed by atoms with Gasteiger partial charge in [0, 0.05) is 16.1 Å². The van der Waals surface area contributed by atoms with Crippen molar-refractivity contribution in [3.05, 3.63) is 45.8 Å². The number of rotatable bonds is 5. The van der Waals surface area contributed by atoms with Gasteiger partial charge in [-0.2, -0.15) is 0 Å². The molecule has 5 heteroatoms. The predicted octanol–water partition coefficient (Wildman–Crippen LogP) is 3.73. The Morgan fingerprint density at radius 3 is 2.76 bits per heavy atom. The molecule has 0 aliphatic rings. The molecule has 2 aromatic heterocycles. The Morgan fingerprint density at radius 1 is 1.43 bits per heavy atom. The summed E-state index contributed by atoms with van der Waals surface area (Å²) in [5, 5.41) is 5.09. The minimum absolute atomic E-state index is 0.0365. The fraction of sp³-hybridized carbons (Fsp3) is 0.375. The SMILES string of the molecule is CCC(NC(=O)c1cc(N)nc(C(C)C)c1)c1cccs1. The molecular weight excluding hydrogens is 282 g/mol. The molecule has 0 bridgehead atoms. The molecule has 112 valence electrons.